The van der Waals surface area contributed by atoms with Crippen LogP contribution in [0.15, 0.2) is 48.5 Å². The van der Waals surface area contributed by atoms with Gasteiger partial charge in [0, 0.05) is 16.8 Å². The summed E-state index contributed by atoms with van der Waals surface area (Å²) in [5, 5.41) is 2.19. The number of rotatable bonds is 11. The predicted octanol–water partition coefficient (Wildman–Crippen LogP) is 6.49. The fourth-order valence-corrected chi connectivity index (χ4v) is 7.27. The summed E-state index contributed by atoms with van der Waals surface area (Å²) in [6, 6.07) is 16.8. The Kier molecular flexibility index (Phi) is 8.66. The molecule has 0 saturated heterocycles. The first kappa shape index (κ1) is 21.0. The van der Waals surface area contributed by atoms with Gasteiger partial charge >= 0.3 is 0 Å². The van der Waals surface area contributed by atoms with Gasteiger partial charge in [-0.25, -0.2) is 0 Å². The van der Waals surface area contributed by atoms with Crippen molar-refractivity contribution in [2.24, 2.45) is 0 Å². The maximum atomic E-state index is 14.5. The number of unbranched alkanes of at least 4 members (excludes halogenated alkanes) is 5. The molecule has 26 heavy (non-hydrogen) atoms. The van der Waals surface area contributed by atoms with Crippen molar-refractivity contribution in [1.82, 2.24) is 0 Å². The highest BCUT2D eigenvalue weighted by Gasteiger charge is 2.30. The second-order valence-corrected chi connectivity index (χ2v) is 10.1. The Balaban J connectivity index is 2.34. The van der Waals surface area contributed by atoms with E-state index >= 15 is 0 Å². The van der Waals surface area contributed by atoms with Gasteiger partial charge < -0.3 is 4.57 Å². The van der Waals surface area contributed by atoms with Crippen LogP contribution in [0.3, 0.4) is 0 Å². The molecular formula is C24H35OP. The molecule has 142 valence electrons. The molecule has 2 aromatic carbocycles. The zero-order valence-corrected chi connectivity index (χ0v) is 17.7. The highest BCUT2D eigenvalue weighted by Crippen LogP contribution is 2.46. The Morgan fingerprint density at radius 2 is 1.12 bits per heavy atom. The van der Waals surface area contributed by atoms with Crippen molar-refractivity contribution in [1.29, 1.82) is 0 Å². The van der Waals surface area contributed by atoms with Gasteiger partial charge in [0.05, 0.1) is 0 Å². The molecule has 0 bridgehead atoms. The molecule has 2 aromatic rings. The highest BCUT2D eigenvalue weighted by atomic mass is 31.2. The van der Waals surface area contributed by atoms with Gasteiger partial charge in [0.15, 0.2) is 0 Å². The van der Waals surface area contributed by atoms with Crippen molar-refractivity contribution in [2.45, 2.75) is 72.1 Å². The highest BCUT2D eigenvalue weighted by molar-refractivity contribution is 7.78. The van der Waals surface area contributed by atoms with Crippen molar-refractivity contribution in [3.8, 4) is 0 Å². The maximum absolute atomic E-state index is 14.5. The van der Waals surface area contributed by atoms with Crippen LogP contribution in [0.5, 0.6) is 0 Å². The molecule has 0 unspecified atom stereocenters. The summed E-state index contributed by atoms with van der Waals surface area (Å²) in [5.41, 5.74) is 2.49. The van der Waals surface area contributed by atoms with Crippen LogP contribution in [-0.2, 0) is 17.4 Å². The first-order valence-electron chi connectivity index (χ1n) is 10.4. The van der Waals surface area contributed by atoms with Gasteiger partial charge in [-0.3, -0.25) is 0 Å². The second kappa shape index (κ2) is 10.7. The molecule has 2 heteroatoms. The number of aryl methyl sites for hydroxylation is 2. The summed E-state index contributed by atoms with van der Waals surface area (Å²) in [4.78, 5) is 0. The van der Waals surface area contributed by atoms with E-state index in [4.69, 9.17) is 0 Å². The smallest absolute Gasteiger partial charge is 0.143 e. The van der Waals surface area contributed by atoms with E-state index in [9.17, 15) is 4.57 Å². The Bertz CT molecular complexity index is 668. The zero-order chi connectivity index (χ0) is 18.8. The van der Waals surface area contributed by atoms with E-state index in [2.05, 4.69) is 69.3 Å². The monoisotopic (exact) mass is 370 g/mol. The summed E-state index contributed by atoms with van der Waals surface area (Å²) >= 11 is 0. The Labute approximate surface area is 160 Å². The molecule has 0 atom stereocenters. The fraction of sp³-hybridized carbons (Fsp3) is 0.500. The van der Waals surface area contributed by atoms with Crippen LogP contribution >= 0.6 is 7.14 Å². The second-order valence-electron chi connectivity index (χ2n) is 7.20. The summed E-state index contributed by atoms with van der Waals surface area (Å²) in [5.74, 6) is 0. The van der Waals surface area contributed by atoms with Crippen LogP contribution in [0.2, 0.25) is 0 Å². The molecule has 0 aliphatic rings. The summed E-state index contributed by atoms with van der Waals surface area (Å²) in [6.07, 6.45) is 10.1. The van der Waals surface area contributed by atoms with Gasteiger partial charge in [0.2, 0.25) is 0 Å². The van der Waals surface area contributed by atoms with Crippen LogP contribution in [0.4, 0.5) is 0 Å². The van der Waals surface area contributed by atoms with Crippen LogP contribution < -0.4 is 10.6 Å². The van der Waals surface area contributed by atoms with Gasteiger partial charge in [-0.1, -0.05) is 101 Å². The number of hydrogen-bond donors (Lipinski definition) is 0. The summed E-state index contributed by atoms with van der Waals surface area (Å²) < 4.78 is 14.5. The van der Waals surface area contributed by atoms with Crippen molar-refractivity contribution in [3.05, 3.63) is 59.7 Å². The van der Waals surface area contributed by atoms with Gasteiger partial charge in [-0.15, -0.1) is 0 Å². The molecular weight excluding hydrogens is 335 g/mol. The zero-order valence-electron chi connectivity index (χ0n) is 16.8. The van der Waals surface area contributed by atoms with Crippen LogP contribution in [0, 0.1) is 0 Å². The average molecular weight is 371 g/mol. The Morgan fingerprint density at radius 3 is 1.62 bits per heavy atom. The minimum absolute atomic E-state index is 0.799. The lowest BCUT2D eigenvalue weighted by Crippen LogP contribution is -2.24. The molecule has 0 fully saturated rings. The van der Waals surface area contributed by atoms with E-state index in [0.29, 0.717) is 0 Å². The third-order valence-corrected chi connectivity index (χ3v) is 8.73. The Morgan fingerprint density at radius 1 is 0.654 bits per heavy atom. The van der Waals surface area contributed by atoms with Gasteiger partial charge in [-0.2, -0.15) is 0 Å². The largest absolute Gasteiger partial charge is 0.314 e. The van der Waals surface area contributed by atoms with Gasteiger partial charge in [-0.05, 0) is 30.4 Å². The lowest BCUT2D eigenvalue weighted by molar-refractivity contribution is 0.579. The molecule has 0 N–H and O–H groups in total. The molecule has 2 rings (SSSR count). The first-order valence-corrected chi connectivity index (χ1v) is 12.3. The molecule has 0 aromatic heterocycles. The van der Waals surface area contributed by atoms with Crippen molar-refractivity contribution in [3.63, 3.8) is 0 Å². The van der Waals surface area contributed by atoms with Gasteiger partial charge in [0.1, 0.15) is 7.14 Å². The van der Waals surface area contributed by atoms with E-state index in [1.807, 2.05) is 0 Å². The summed E-state index contributed by atoms with van der Waals surface area (Å²) in [6.45, 7) is 6.58. The van der Waals surface area contributed by atoms with Crippen LogP contribution in [-0.4, -0.2) is 6.16 Å². The minimum atomic E-state index is -2.59. The molecule has 0 radical (unpaired) electrons. The van der Waals surface area contributed by atoms with Crippen LogP contribution in [0.1, 0.15) is 70.4 Å². The normalized spacial score (nSPS) is 11.7. The van der Waals surface area contributed by atoms with Gasteiger partial charge in [0.25, 0.3) is 0 Å². The number of benzene rings is 2. The quantitative estimate of drug-likeness (QED) is 0.326. The lowest BCUT2D eigenvalue weighted by atomic mass is 10.1. The third-order valence-electron chi connectivity index (χ3n) is 5.35. The lowest BCUT2D eigenvalue weighted by Gasteiger charge is -2.24. The molecule has 0 heterocycles. The third kappa shape index (κ3) is 5.10. The first-order chi connectivity index (χ1) is 12.7. The van der Waals surface area contributed by atoms with E-state index in [-0.39, 0.29) is 0 Å². The molecule has 0 amide bonds. The predicted molar refractivity (Wildman–Crippen MR) is 117 cm³/mol. The van der Waals surface area contributed by atoms with Crippen molar-refractivity contribution < 1.29 is 4.57 Å². The standard InChI is InChI=1S/C24H35OP/c1-4-7-8-9-10-15-20-26(25,23-18-13-11-16-21(23)5-2)24-19-14-12-17-22(24)6-3/h11-14,16-19H,4-10,15,20H2,1-3H3. The SMILES string of the molecule is CCCCCCCCP(=O)(c1ccccc1CC)c1ccccc1CC. The van der Waals surface area contributed by atoms with Crippen LogP contribution in [0.25, 0.3) is 0 Å². The molecule has 0 spiro atoms. The molecule has 0 aliphatic carbocycles. The van der Waals surface area contributed by atoms with Crippen molar-refractivity contribution in [2.75, 3.05) is 6.16 Å². The maximum Gasteiger partial charge on any atom is 0.143 e. The molecule has 0 saturated carbocycles. The minimum Gasteiger partial charge on any atom is -0.314 e. The summed E-state index contributed by atoms with van der Waals surface area (Å²) in [7, 11) is -2.59. The molecule has 1 nitrogen and oxygen atoms in total. The Hall–Kier alpha value is -1.33. The van der Waals surface area contributed by atoms with E-state index in [1.54, 1.807) is 0 Å². The topological polar surface area (TPSA) is 17.1 Å². The van der Waals surface area contributed by atoms with Crippen molar-refractivity contribution >= 4 is 17.8 Å². The average Bonchev–Trinajstić information content (AvgIpc) is 2.70. The van der Waals surface area contributed by atoms with E-state index in [1.165, 1.54) is 43.2 Å². The van der Waals surface area contributed by atoms with E-state index in [0.717, 1.165) is 36.0 Å². The number of hydrogen-bond acceptors (Lipinski definition) is 1. The molecule has 0 aliphatic heterocycles. The van der Waals surface area contributed by atoms with E-state index < -0.39 is 7.14 Å². The fourth-order valence-electron chi connectivity index (χ4n) is 3.81.